The van der Waals surface area contributed by atoms with Gasteiger partial charge < -0.3 is 15.4 Å². The first-order chi connectivity index (χ1) is 11.2. The number of carbonyl (C=O) groups is 1. The van der Waals surface area contributed by atoms with Gasteiger partial charge in [-0.25, -0.2) is 4.79 Å². The summed E-state index contributed by atoms with van der Waals surface area (Å²) in [7, 11) is 0. The maximum atomic E-state index is 11.9. The standard InChI is InChI=1S/C19H24N2O2/c1-3-15-9-11-17(12-10-15)21-19(22)20-14-13-16-7-5-6-8-18(16)23-4-2/h5-12H,3-4,13-14H2,1-2H3,(H2,20,21,22). The zero-order valence-electron chi connectivity index (χ0n) is 13.8. The number of urea groups is 1. The van der Waals surface area contributed by atoms with Crippen molar-refractivity contribution in [2.75, 3.05) is 18.5 Å². The quantitative estimate of drug-likeness (QED) is 0.811. The minimum atomic E-state index is -0.192. The van der Waals surface area contributed by atoms with E-state index in [0.29, 0.717) is 13.2 Å². The molecule has 0 aliphatic heterocycles. The van der Waals surface area contributed by atoms with Crippen molar-refractivity contribution in [1.29, 1.82) is 0 Å². The third-order valence-corrected chi connectivity index (χ3v) is 3.57. The number of hydrogen-bond donors (Lipinski definition) is 2. The highest BCUT2D eigenvalue weighted by molar-refractivity contribution is 5.89. The monoisotopic (exact) mass is 312 g/mol. The molecule has 23 heavy (non-hydrogen) atoms. The summed E-state index contributed by atoms with van der Waals surface area (Å²) in [5.41, 5.74) is 3.15. The summed E-state index contributed by atoms with van der Waals surface area (Å²) in [6, 6.07) is 15.6. The Morgan fingerprint density at radius 2 is 1.78 bits per heavy atom. The lowest BCUT2D eigenvalue weighted by atomic mass is 10.1. The number of benzene rings is 2. The van der Waals surface area contributed by atoms with Crippen LogP contribution in [0.3, 0.4) is 0 Å². The molecule has 122 valence electrons. The van der Waals surface area contributed by atoms with Gasteiger partial charge in [0.1, 0.15) is 5.75 Å². The summed E-state index contributed by atoms with van der Waals surface area (Å²) >= 11 is 0. The molecule has 0 fully saturated rings. The lowest BCUT2D eigenvalue weighted by molar-refractivity contribution is 0.252. The van der Waals surface area contributed by atoms with Crippen LogP contribution >= 0.6 is 0 Å². The average Bonchev–Trinajstić information content (AvgIpc) is 2.57. The maximum Gasteiger partial charge on any atom is 0.319 e. The molecular formula is C19H24N2O2. The van der Waals surface area contributed by atoms with Gasteiger partial charge in [0.15, 0.2) is 0 Å². The van der Waals surface area contributed by atoms with Crippen molar-refractivity contribution in [3.63, 3.8) is 0 Å². The lowest BCUT2D eigenvalue weighted by Gasteiger charge is -2.11. The van der Waals surface area contributed by atoms with E-state index in [2.05, 4.69) is 17.6 Å². The Kier molecular flexibility index (Phi) is 6.48. The van der Waals surface area contributed by atoms with Gasteiger partial charge in [-0.15, -0.1) is 0 Å². The second kappa shape index (κ2) is 8.83. The Labute approximate surface area is 137 Å². The van der Waals surface area contributed by atoms with E-state index in [1.807, 2.05) is 55.5 Å². The number of para-hydroxylation sites is 1. The molecule has 0 bridgehead atoms. The number of amides is 2. The third-order valence-electron chi connectivity index (χ3n) is 3.57. The van der Waals surface area contributed by atoms with Crippen LogP contribution in [0.4, 0.5) is 10.5 Å². The Morgan fingerprint density at radius 1 is 1.04 bits per heavy atom. The third kappa shape index (κ3) is 5.33. The van der Waals surface area contributed by atoms with Crippen molar-refractivity contribution >= 4 is 11.7 Å². The largest absolute Gasteiger partial charge is 0.494 e. The zero-order chi connectivity index (χ0) is 16.5. The Balaban J connectivity index is 1.80. The molecule has 2 N–H and O–H groups in total. The molecule has 0 aliphatic carbocycles. The van der Waals surface area contributed by atoms with Crippen LogP contribution in [0.1, 0.15) is 25.0 Å². The predicted molar refractivity (Wildman–Crippen MR) is 94.2 cm³/mol. The smallest absolute Gasteiger partial charge is 0.319 e. The molecule has 4 heteroatoms. The highest BCUT2D eigenvalue weighted by atomic mass is 16.5. The summed E-state index contributed by atoms with van der Waals surface area (Å²) in [6.07, 6.45) is 1.73. The van der Waals surface area contributed by atoms with E-state index in [-0.39, 0.29) is 6.03 Å². The molecule has 0 spiro atoms. The van der Waals surface area contributed by atoms with Gasteiger partial charge in [-0.1, -0.05) is 37.3 Å². The first-order valence-electron chi connectivity index (χ1n) is 8.07. The van der Waals surface area contributed by atoms with E-state index in [0.717, 1.165) is 29.8 Å². The Bertz CT molecular complexity index is 624. The van der Waals surface area contributed by atoms with Gasteiger partial charge in [-0.3, -0.25) is 0 Å². The van der Waals surface area contributed by atoms with E-state index in [1.165, 1.54) is 5.56 Å². The number of carbonyl (C=O) groups excluding carboxylic acids is 1. The van der Waals surface area contributed by atoms with Crippen LogP contribution in [-0.2, 0) is 12.8 Å². The molecule has 0 unspecified atom stereocenters. The van der Waals surface area contributed by atoms with Crippen molar-refractivity contribution in [1.82, 2.24) is 5.32 Å². The minimum Gasteiger partial charge on any atom is -0.494 e. The van der Waals surface area contributed by atoms with Crippen LogP contribution in [0.25, 0.3) is 0 Å². The summed E-state index contributed by atoms with van der Waals surface area (Å²) in [5, 5.41) is 5.71. The van der Waals surface area contributed by atoms with Gasteiger partial charge in [0.05, 0.1) is 6.61 Å². The van der Waals surface area contributed by atoms with Crippen LogP contribution in [-0.4, -0.2) is 19.2 Å². The first kappa shape index (κ1) is 16.9. The molecule has 0 aromatic heterocycles. The van der Waals surface area contributed by atoms with Crippen molar-refractivity contribution in [3.8, 4) is 5.75 Å². The molecule has 2 rings (SSSR count). The SMILES string of the molecule is CCOc1ccccc1CCNC(=O)Nc1ccc(CC)cc1. The number of anilines is 1. The summed E-state index contributed by atoms with van der Waals surface area (Å²) in [4.78, 5) is 11.9. The molecular weight excluding hydrogens is 288 g/mol. The molecule has 0 radical (unpaired) electrons. The highest BCUT2D eigenvalue weighted by Gasteiger charge is 2.04. The highest BCUT2D eigenvalue weighted by Crippen LogP contribution is 2.18. The van der Waals surface area contributed by atoms with Crippen molar-refractivity contribution in [2.24, 2.45) is 0 Å². The maximum absolute atomic E-state index is 11.9. The molecule has 0 atom stereocenters. The number of hydrogen-bond acceptors (Lipinski definition) is 2. The lowest BCUT2D eigenvalue weighted by Crippen LogP contribution is -2.30. The number of ether oxygens (including phenoxy) is 1. The second-order valence-corrected chi connectivity index (χ2v) is 5.22. The summed E-state index contributed by atoms with van der Waals surface area (Å²) < 4.78 is 5.58. The van der Waals surface area contributed by atoms with Crippen molar-refractivity contribution in [2.45, 2.75) is 26.7 Å². The van der Waals surface area contributed by atoms with E-state index >= 15 is 0 Å². The number of rotatable bonds is 7. The Morgan fingerprint density at radius 3 is 2.48 bits per heavy atom. The average molecular weight is 312 g/mol. The van der Waals surface area contributed by atoms with Gasteiger partial charge in [0.25, 0.3) is 0 Å². The van der Waals surface area contributed by atoms with E-state index < -0.39 is 0 Å². The van der Waals surface area contributed by atoms with Gasteiger partial charge >= 0.3 is 6.03 Å². The van der Waals surface area contributed by atoms with Gasteiger partial charge in [-0.05, 0) is 49.1 Å². The number of nitrogens with one attached hydrogen (secondary N) is 2. The Hall–Kier alpha value is -2.49. The van der Waals surface area contributed by atoms with Crippen LogP contribution < -0.4 is 15.4 Å². The molecule has 0 saturated heterocycles. The fraction of sp³-hybridized carbons (Fsp3) is 0.316. The van der Waals surface area contributed by atoms with E-state index in [1.54, 1.807) is 0 Å². The van der Waals surface area contributed by atoms with Crippen molar-refractivity contribution < 1.29 is 9.53 Å². The summed E-state index contributed by atoms with van der Waals surface area (Å²) in [6.45, 7) is 5.27. The molecule has 2 amide bonds. The van der Waals surface area contributed by atoms with E-state index in [4.69, 9.17) is 4.74 Å². The fourth-order valence-electron chi connectivity index (χ4n) is 2.32. The topological polar surface area (TPSA) is 50.4 Å². The van der Waals surface area contributed by atoms with Gasteiger partial charge in [0.2, 0.25) is 0 Å². The van der Waals surface area contributed by atoms with Crippen LogP contribution in [0, 0.1) is 0 Å². The molecule has 0 heterocycles. The van der Waals surface area contributed by atoms with Crippen molar-refractivity contribution in [3.05, 3.63) is 59.7 Å². The predicted octanol–water partition coefficient (Wildman–Crippen LogP) is 4.01. The summed E-state index contributed by atoms with van der Waals surface area (Å²) in [5.74, 6) is 0.882. The normalized spacial score (nSPS) is 10.2. The minimum absolute atomic E-state index is 0.192. The van der Waals surface area contributed by atoms with Crippen LogP contribution in [0.2, 0.25) is 0 Å². The second-order valence-electron chi connectivity index (χ2n) is 5.22. The molecule has 4 nitrogen and oxygen atoms in total. The van der Waals surface area contributed by atoms with E-state index in [9.17, 15) is 4.79 Å². The first-order valence-corrected chi connectivity index (χ1v) is 8.07. The number of aryl methyl sites for hydroxylation is 1. The molecule has 2 aromatic carbocycles. The van der Waals surface area contributed by atoms with Gasteiger partial charge in [0, 0.05) is 12.2 Å². The molecule has 0 saturated carbocycles. The molecule has 2 aromatic rings. The van der Waals surface area contributed by atoms with Gasteiger partial charge in [-0.2, -0.15) is 0 Å². The molecule has 0 aliphatic rings. The fourth-order valence-corrected chi connectivity index (χ4v) is 2.32. The zero-order valence-corrected chi connectivity index (χ0v) is 13.8. The van der Waals surface area contributed by atoms with Crippen LogP contribution in [0.15, 0.2) is 48.5 Å². The van der Waals surface area contributed by atoms with Crippen LogP contribution in [0.5, 0.6) is 5.75 Å².